The zero-order chi connectivity index (χ0) is 14.8. The molecule has 0 aliphatic heterocycles. The number of hydrogen-bond donors (Lipinski definition) is 0. The van der Waals surface area contributed by atoms with E-state index in [4.69, 9.17) is 0 Å². The number of nitrogens with zero attached hydrogens (tertiary/aromatic N) is 3. The average molecular weight is 277 g/mol. The first-order chi connectivity index (χ1) is 10.2. The topological polar surface area (TPSA) is 47.8 Å². The molecule has 4 nitrogen and oxygen atoms in total. The predicted octanol–water partition coefficient (Wildman–Crippen LogP) is 3.36. The lowest BCUT2D eigenvalue weighted by atomic mass is 10.1. The molecule has 4 heteroatoms. The summed E-state index contributed by atoms with van der Waals surface area (Å²) >= 11 is 0. The van der Waals surface area contributed by atoms with Crippen LogP contribution in [0.15, 0.2) is 48.9 Å². The maximum atomic E-state index is 11.3. The van der Waals surface area contributed by atoms with Crippen molar-refractivity contribution in [2.45, 2.75) is 13.8 Å². The molecule has 0 saturated carbocycles. The maximum Gasteiger partial charge on any atom is 0.153 e. The number of hydrogen-bond acceptors (Lipinski definition) is 3. The van der Waals surface area contributed by atoms with Crippen molar-refractivity contribution in [2.24, 2.45) is 0 Å². The van der Waals surface area contributed by atoms with Gasteiger partial charge in [0.2, 0.25) is 0 Å². The second-order valence-corrected chi connectivity index (χ2v) is 5.08. The van der Waals surface area contributed by atoms with Crippen LogP contribution in [-0.4, -0.2) is 21.1 Å². The number of aldehydes is 1. The van der Waals surface area contributed by atoms with Crippen molar-refractivity contribution in [1.82, 2.24) is 14.8 Å². The number of benzene rings is 1. The Morgan fingerprint density at radius 1 is 1.14 bits per heavy atom. The minimum atomic E-state index is 0.558. The van der Waals surface area contributed by atoms with Crippen molar-refractivity contribution in [3.05, 3.63) is 65.6 Å². The molecular weight excluding hydrogens is 262 g/mol. The number of carbonyl (C=O) groups is 1. The molecule has 2 aromatic heterocycles. The van der Waals surface area contributed by atoms with Gasteiger partial charge >= 0.3 is 0 Å². The fourth-order valence-corrected chi connectivity index (χ4v) is 2.42. The molecule has 21 heavy (non-hydrogen) atoms. The molecule has 1 aromatic carbocycles. The summed E-state index contributed by atoms with van der Waals surface area (Å²) in [5.74, 6) is 0. The van der Waals surface area contributed by atoms with Crippen LogP contribution in [0.2, 0.25) is 0 Å². The normalized spacial score (nSPS) is 10.6. The molecule has 0 atom stereocenters. The first kappa shape index (κ1) is 13.2. The number of aromatic nitrogens is 3. The van der Waals surface area contributed by atoms with Crippen molar-refractivity contribution in [2.75, 3.05) is 0 Å². The van der Waals surface area contributed by atoms with Crippen molar-refractivity contribution in [3.8, 4) is 16.9 Å². The second kappa shape index (κ2) is 5.32. The summed E-state index contributed by atoms with van der Waals surface area (Å²) < 4.78 is 1.74. The Morgan fingerprint density at radius 2 is 1.90 bits per heavy atom. The van der Waals surface area contributed by atoms with Gasteiger partial charge in [-0.2, -0.15) is 5.10 Å². The van der Waals surface area contributed by atoms with E-state index in [1.54, 1.807) is 23.3 Å². The highest BCUT2D eigenvalue weighted by Gasteiger charge is 2.12. The van der Waals surface area contributed by atoms with Crippen molar-refractivity contribution in [3.63, 3.8) is 0 Å². The van der Waals surface area contributed by atoms with Gasteiger partial charge in [0.15, 0.2) is 6.29 Å². The summed E-state index contributed by atoms with van der Waals surface area (Å²) in [5.41, 5.74) is 5.32. The van der Waals surface area contributed by atoms with Crippen LogP contribution >= 0.6 is 0 Å². The van der Waals surface area contributed by atoms with Gasteiger partial charge in [-0.15, -0.1) is 0 Å². The smallest absolute Gasteiger partial charge is 0.153 e. The molecule has 0 N–H and O–H groups in total. The Morgan fingerprint density at radius 3 is 2.52 bits per heavy atom. The Bertz CT molecular complexity index is 771. The molecule has 0 spiro atoms. The Balaban J connectivity index is 2.13. The van der Waals surface area contributed by atoms with Gasteiger partial charge in [0.05, 0.1) is 11.3 Å². The summed E-state index contributed by atoms with van der Waals surface area (Å²) in [6.45, 7) is 4.09. The van der Waals surface area contributed by atoms with Crippen LogP contribution in [0.3, 0.4) is 0 Å². The van der Waals surface area contributed by atoms with Crippen molar-refractivity contribution < 1.29 is 4.79 Å². The summed E-state index contributed by atoms with van der Waals surface area (Å²) in [6.07, 6.45) is 5.99. The lowest BCUT2D eigenvalue weighted by Crippen LogP contribution is -1.96. The van der Waals surface area contributed by atoms with E-state index >= 15 is 0 Å². The van der Waals surface area contributed by atoms with E-state index < -0.39 is 0 Å². The highest BCUT2D eigenvalue weighted by molar-refractivity contribution is 5.85. The molecule has 0 radical (unpaired) electrons. The molecular formula is C17H15N3O. The molecule has 0 bridgehead atoms. The van der Waals surface area contributed by atoms with E-state index in [-0.39, 0.29) is 0 Å². The third kappa shape index (κ3) is 2.60. The molecule has 0 unspecified atom stereocenters. The molecule has 3 rings (SSSR count). The molecule has 0 aliphatic rings. The molecule has 0 fully saturated rings. The fraction of sp³-hybridized carbons (Fsp3) is 0.118. The summed E-state index contributed by atoms with van der Waals surface area (Å²) in [5, 5.41) is 4.55. The van der Waals surface area contributed by atoms with E-state index in [0.717, 1.165) is 28.7 Å². The summed E-state index contributed by atoms with van der Waals surface area (Å²) in [6, 6.07) is 9.92. The monoisotopic (exact) mass is 277 g/mol. The van der Waals surface area contributed by atoms with Crippen LogP contribution in [0.1, 0.15) is 21.5 Å². The largest absolute Gasteiger partial charge is 0.298 e. The molecule has 0 amide bonds. The standard InChI is InChI=1S/C17H15N3O/c1-12-6-13(2)8-16(7-12)20-10-15(11-21)17(19-20)14-4-3-5-18-9-14/h3-11H,1-2H3. The SMILES string of the molecule is Cc1cc(C)cc(-n2cc(C=O)c(-c3cccnc3)n2)c1. The lowest BCUT2D eigenvalue weighted by molar-refractivity contribution is 0.112. The number of carbonyl (C=O) groups excluding carboxylic acids is 1. The van der Waals surface area contributed by atoms with Crippen LogP contribution < -0.4 is 0 Å². The molecule has 104 valence electrons. The zero-order valence-electron chi connectivity index (χ0n) is 11.9. The lowest BCUT2D eigenvalue weighted by Gasteiger charge is -2.04. The van der Waals surface area contributed by atoms with Gasteiger partial charge in [0.1, 0.15) is 5.69 Å². The molecule has 0 saturated heterocycles. The Hall–Kier alpha value is -2.75. The summed E-state index contributed by atoms with van der Waals surface area (Å²) in [4.78, 5) is 15.4. The minimum absolute atomic E-state index is 0.558. The third-order valence-corrected chi connectivity index (χ3v) is 3.28. The van der Waals surface area contributed by atoms with Gasteiger partial charge in [-0.05, 0) is 49.2 Å². The van der Waals surface area contributed by atoms with Crippen LogP contribution in [0.4, 0.5) is 0 Å². The predicted molar refractivity (Wildman–Crippen MR) is 81.7 cm³/mol. The third-order valence-electron chi connectivity index (χ3n) is 3.28. The number of aryl methyl sites for hydroxylation is 2. The van der Waals surface area contributed by atoms with Gasteiger partial charge in [-0.3, -0.25) is 9.78 Å². The van der Waals surface area contributed by atoms with E-state index in [1.165, 1.54) is 0 Å². The van der Waals surface area contributed by atoms with Gasteiger partial charge in [-0.1, -0.05) is 6.07 Å². The molecule has 0 aliphatic carbocycles. The summed E-state index contributed by atoms with van der Waals surface area (Å²) in [7, 11) is 0. The maximum absolute atomic E-state index is 11.3. The zero-order valence-corrected chi connectivity index (χ0v) is 11.9. The van der Waals surface area contributed by atoms with Crippen LogP contribution in [0, 0.1) is 13.8 Å². The van der Waals surface area contributed by atoms with E-state index in [0.29, 0.717) is 11.3 Å². The van der Waals surface area contributed by atoms with E-state index in [1.807, 2.05) is 38.1 Å². The fourth-order valence-electron chi connectivity index (χ4n) is 2.42. The van der Waals surface area contributed by atoms with E-state index in [9.17, 15) is 4.79 Å². The molecule has 3 aromatic rings. The first-order valence-electron chi connectivity index (χ1n) is 6.71. The minimum Gasteiger partial charge on any atom is -0.298 e. The van der Waals surface area contributed by atoms with Crippen molar-refractivity contribution >= 4 is 6.29 Å². The van der Waals surface area contributed by atoms with Gasteiger partial charge in [-0.25, -0.2) is 4.68 Å². The molecule has 2 heterocycles. The first-order valence-corrected chi connectivity index (χ1v) is 6.71. The highest BCUT2D eigenvalue weighted by atomic mass is 16.1. The van der Waals surface area contributed by atoms with Crippen LogP contribution in [0.25, 0.3) is 16.9 Å². The Kier molecular flexibility index (Phi) is 3.36. The van der Waals surface area contributed by atoms with Gasteiger partial charge < -0.3 is 0 Å². The van der Waals surface area contributed by atoms with Crippen molar-refractivity contribution in [1.29, 1.82) is 0 Å². The second-order valence-electron chi connectivity index (χ2n) is 5.08. The number of rotatable bonds is 3. The Labute approximate surface area is 123 Å². The average Bonchev–Trinajstić information content (AvgIpc) is 2.91. The van der Waals surface area contributed by atoms with Gasteiger partial charge in [0.25, 0.3) is 0 Å². The van der Waals surface area contributed by atoms with E-state index in [2.05, 4.69) is 16.1 Å². The van der Waals surface area contributed by atoms with Gasteiger partial charge in [0, 0.05) is 24.2 Å². The highest BCUT2D eigenvalue weighted by Crippen LogP contribution is 2.22. The number of pyridine rings is 1. The van der Waals surface area contributed by atoms with Crippen LogP contribution in [0.5, 0.6) is 0 Å². The quantitative estimate of drug-likeness (QED) is 0.690. The van der Waals surface area contributed by atoms with Crippen LogP contribution in [-0.2, 0) is 0 Å².